The number of methoxy groups -OCH3 is 1. The largest absolute Gasteiger partial charge is 0.496 e. The van der Waals surface area contributed by atoms with E-state index >= 15 is 0 Å². The molecule has 0 fully saturated rings. The lowest BCUT2D eigenvalue weighted by Gasteiger charge is -2.20. The molecule has 2 heterocycles. The molecule has 26 heavy (non-hydrogen) atoms. The van der Waals surface area contributed by atoms with E-state index in [1.165, 1.54) is 0 Å². The fourth-order valence-electron chi connectivity index (χ4n) is 3.23. The first-order chi connectivity index (χ1) is 12.6. The summed E-state index contributed by atoms with van der Waals surface area (Å²) < 4.78 is 5.51. The van der Waals surface area contributed by atoms with Crippen LogP contribution in [0.3, 0.4) is 0 Å². The zero-order valence-corrected chi connectivity index (χ0v) is 14.8. The van der Waals surface area contributed by atoms with Crippen LogP contribution in [-0.2, 0) is 6.42 Å². The molecule has 3 aromatic rings. The number of imidazole rings is 1. The number of hydrogen-bond donors (Lipinski definition) is 3. The number of aromatic nitrogens is 4. The Morgan fingerprint density at radius 3 is 2.96 bits per heavy atom. The van der Waals surface area contributed by atoms with Crippen molar-refractivity contribution in [1.82, 2.24) is 19.9 Å². The lowest BCUT2D eigenvalue weighted by atomic mass is 9.95. The molecular weight excluding hydrogens is 330 g/mol. The van der Waals surface area contributed by atoms with E-state index in [1.807, 2.05) is 31.3 Å². The summed E-state index contributed by atoms with van der Waals surface area (Å²) in [5.74, 6) is 1.93. The molecule has 134 valence electrons. The lowest BCUT2D eigenvalue weighted by Crippen LogP contribution is -2.13. The number of benzene rings is 1. The summed E-state index contributed by atoms with van der Waals surface area (Å²) in [5, 5.41) is 13.3. The van der Waals surface area contributed by atoms with Crippen LogP contribution in [0.25, 0.3) is 11.4 Å². The third kappa shape index (κ3) is 3.13. The first-order valence-corrected chi connectivity index (χ1v) is 8.65. The van der Waals surface area contributed by atoms with Gasteiger partial charge in [-0.05, 0) is 43.9 Å². The Morgan fingerprint density at radius 2 is 2.19 bits per heavy atom. The standard InChI is InChI=1S/C19H21N5O2/c1-11-9-20-18(22-11)14-7-6-13(8-16(14)26-2)23-19-21-10-12-4-3-5-15(25)17(12)24-19/h6-10,15,25H,3-5H2,1-2H3,(H,20,22)(H,21,23,24). The van der Waals surface area contributed by atoms with E-state index < -0.39 is 6.10 Å². The second-order valence-electron chi connectivity index (χ2n) is 6.44. The van der Waals surface area contributed by atoms with Crippen molar-refractivity contribution >= 4 is 11.6 Å². The van der Waals surface area contributed by atoms with Crippen molar-refractivity contribution < 1.29 is 9.84 Å². The molecule has 3 N–H and O–H groups in total. The maximum Gasteiger partial charge on any atom is 0.227 e. The van der Waals surface area contributed by atoms with Gasteiger partial charge in [0.2, 0.25) is 5.95 Å². The topological polar surface area (TPSA) is 95.9 Å². The summed E-state index contributed by atoms with van der Waals surface area (Å²) in [6.07, 6.45) is 5.76. The minimum atomic E-state index is -0.513. The molecule has 1 atom stereocenters. The molecule has 1 aromatic carbocycles. The van der Waals surface area contributed by atoms with E-state index in [-0.39, 0.29) is 0 Å². The van der Waals surface area contributed by atoms with Crippen LogP contribution >= 0.6 is 0 Å². The molecule has 0 radical (unpaired) electrons. The quantitative estimate of drug-likeness (QED) is 0.667. The highest BCUT2D eigenvalue weighted by Crippen LogP contribution is 2.32. The third-order valence-electron chi connectivity index (χ3n) is 4.56. The van der Waals surface area contributed by atoms with Crippen molar-refractivity contribution in [3.8, 4) is 17.1 Å². The lowest BCUT2D eigenvalue weighted by molar-refractivity contribution is 0.151. The molecule has 1 aliphatic carbocycles. The zero-order chi connectivity index (χ0) is 18.1. The molecule has 7 heteroatoms. The van der Waals surface area contributed by atoms with Gasteiger partial charge in [-0.25, -0.2) is 15.0 Å². The maximum atomic E-state index is 10.1. The van der Waals surface area contributed by atoms with Gasteiger partial charge in [0.05, 0.1) is 30.2 Å². The summed E-state index contributed by atoms with van der Waals surface area (Å²) in [7, 11) is 1.63. The highest BCUT2D eigenvalue weighted by atomic mass is 16.5. The molecule has 0 aliphatic heterocycles. The average Bonchev–Trinajstić information content (AvgIpc) is 3.08. The van der Waals surface area contributed by atoms with Crippen LogP contribution in [0.1, 0.15) is 35.9 Å². The number of aliphatic hydroxyl groups excluding tert-OH is 1. The number of aliphatic hydroxyl groups is 1. The third-order valence-corrected chi connectivity index (χ3v) is 4.56. The molecule has 0 bridgehead atoms. The predicted octanol–water partition coefficient (Wildman–Crippen LogP) is 3.30. The first kappa shape index (κ1) is 16.5. The van der Waals surface area contributed by atoms with E-state index in [4.69, 9.17) is 4.74 Å². The minimum Gasteiger partial charge on any atom is -0.496 e. The molecule has 7 nitrogen and oxygen atoms in total. The Kier molecular flexibility index (Phi) is 4.30. The number of H-pyrrole nitrogens is 1. The number of ether oxygens (including phenoxy) is 1. The van der Waals surface area contributed by atoms with Gasteiger partial charge in [0.25, 0.3) is 0 Å². The number of nitrogens with one attached hydrogen (secondary N) is 2. The van der Waals surface area contributed by atoms with Gasteiger partial charge in [-0.1, -0.05) is 0 Å². The number of anilines is 2. The van der Waals surface area contributed by atoms with Gasteiger partial charge in [0, 0.05) is 24.1 Å². The molecule has 4 rings (SSSR count). The molecule has 0 spiro atoms. The number of aryl methyl sites for hydroxylation is 2. The van der Waals surface area contributed by atoms with Crippen molar-refractivity contribution in [2.45, 2.75) is 32.3 Å². The molecule has 1 aliphatic rings. The molecule has 0 saturated carbocycles. The van der Waals surface area contributed by atoms with Crippen molar-refractivity contribution in [2.24, 2.45) is 0 Å². The van der Waals surface area contributed by atoms with Gasteiger partial charge in [-0.2, -0.15) is 0 Å². The van der Waals surface area contributed by atoms with E-state index in [0.717, 1.165) is 53.3 Å². The van der Waals surface area contributed by atoms with Crippen molar-refractivity contribution in [2.75, 3.05) is 12.4 Å². The second kappa shape index (κ2) is 6.76. The first-order valence-electron chi connectivity index (χ1n) is 8.65. The Morgan fingerprint density at radius 1 is 1.31 bits per heavy atom. The molecule has 2 aromatic heterocycles. The number of nitrogens with zero attached hydrogens (tertiary/aromatic N) is 3. The van der Waals surface area contributed by atoms with Crippen LogP contribution in [-0.4, -0.2) is 32.2 Å². The summed E-state index contributed by atoms with van der Waals surface area (Å²) in [5.41, 5.74) is 4.36. The molecule has 1 unspecified atom stereocenters. The number of aromatic amines is 1. The van der Waals surface area contributed by atoms with Crippen LogP contribution in [0.5, 0.6) is 5.75 Å². The number of fused-ring (bicyclic) bond motifs is 1. The summed E-state index contributed by atoms with van der Waals surface area (Å²) in [4.78, 5) is 16.5. The second-order valence-corrected chi connectivity index (χ2v) is 6.44. The average molecular weight is 351 g/mol. The van der Waals surface area contributed by atoms with Crippen LogP contribution < -0.4 is 10.1 Å². The molecular formula is C19H21N5O2. The van der Waals surface area contributed by atoms with Gasteiger partial charge in [0.15, 0.2) is 0 Å². The Bertz CT molecular complexity index is 937. The van der Waals surface area contributed by atoms with E-state index in [1.54, 1.807) is 13.3 Å². The van der Waals surface area contributed by atoms with Gasteiger partial charge < -0.3 is 20.1 Å². The number of hydrogen-bond acceptors (Lipinski definition) is 6. The van der Waals surface area contributed by atoms with E-state index in [0.29, 0.717) is 11.7 Å². The highest BCUT2D eigenvalue weighted by Gasteiger charge is 2.20. The van der Waals surface area contributed by atoms with Crippen molar-refractivity contribution in [3.05, 3.63) is 47.5 Å². The Labute approximate surface area is 151 Å². The summed E-state index contributed by atoms with van der Waals surface area (Å²) in [6, 6.07) is 5.74. The van der Waals surface area contributed by atoms with Gasteiger partial charge in [0.1, 0.15) is 11.6 Å². The summed E-state index contributed by atoms with van der Waals surface area (Å²) >= 11 is 0. The fourth-order valence-corrected chi connectivity index (χ4v) is 3.23. The Balaban J connectivity index is 1.62. The van der Waals surface area contributed by atoms with E-state index in [2.05, 4.69) is 25.3 Å². The Hall–Kier alpha value is -2.93. The van der Waals surface area contributed by atoms with Crippen molar-refractivity contribution in [3.63, 3.8) is 0 Å². The van der Waals surface area contributed by atoms with Crippen LogP contribution in [0.4, 0.5) is 11.6 Å². The van der Waals surface area contributed by atoms with Crippen LogP contribution in [0, 0.1) is 6.92 Å². The predicted molar refractivity (Wildman–Crippen MR) is 98.5 cm³/mol. The van der Waals surface area contributed by atoms with E-state index in [9.17, 15) is 5.11 Å². The summed E-state index contributed by atoms with van der Waals surface area (Å²) in [6.45, 7) is 1.93. The van der Waals surface area contributed by atoms with Gasteiger partial charge in [-0.3, -0.25) is 0 Å². The number of rotatable bonds is 4. The minimum absolute atomic E-state index is 0.466. The normalized spacial score (nSPS) is 16.2. The molecule has 0 saturated heterocycles. The smallest absolute Gasteiger partial charge is 0.227 e. The monoisotopic (exact) mass is 351 g/mol. The van der Waals surface area contributed by atoms with Crippen molar-refractivity contribution in [1.29, 1.82) is 0 Å². The fraction of sp³-hybridized carbons (Fsp3) is 0.316. The maximum absolute atomic E-state index is 10.1. The van der Waals surface area contributed by atoms with Crippen LogP contribution in [0.2, 0.25) is 0 Å². The SMILES string of the molecule is COc1cc(Nc2ncc3c(n2)C(O)CCC3)ccc1-c1nc(C)c[nH]1. The molecule has 0 amide bonds. The highest BCUT2D eigenvalue weighted by molar-refractivity contribution is 5.70. The zero-order valence-electron chi connectivity index (χ0n) is 14.8. The van der Waals surface area contributed by atoms with Crippen LogP contribution in [0.15, 0.2) is 30.6 Å². The van der Waals surface area contributed by atoms with Gasteiger partial charge in [-0.15, -0.1) is 0 Å². The van der Waals surface area contributed by atoms with Gasteiger partial charge >= 0.3 is 0 Å².